The second kappa shape index (κ2) is 6.00. The van der Waals surface area contributed by atoms with E-state index < -0.39 is 0 Å². The standard InChI is InChI=1S/C10H16BrN3O2/c1-8(10(15)16-3)5-13(2)7-14-6-9(11)4-12-14/h4,6,8H,5,7H2,1-3H3. The molecule has 0 amide bonds. The summed E-state index contributed by atoms with van der Waals surface area (Å²) in [4.78, 5) is 13.2. The highest BCUT2D eigenvalue weighted by molar-refractivity contribution is 9.10. The molecule has 1 aromatic heterocycles. The summed E-state index contributed by atoms with van der Waals surface area (Å²) >= 11 is 3.33. The molecule has 0 bridgehead atoms. The van der Waals surface area contributed by atoms with Gasteiger partial charge in [0.05, 0.1) is 30.4 Å². The molecule has 0 radical (unpaired) electrons. The number of ether oxygens (including phenoxy) is 1. The summed E-state index contributed by atoms with van der Waals surface area (Å²) in [6, 6.07) is 0. The third-order valence-corrected chi connectivity index (χ3v) is 2.59. The molecular weight excluding hydrogens is 274 g/mol. The normalized spacial score (nSPS) is 12.8. The van der Waals surface area contributed by atoms with E-state index in [0.717, 1.165) is 4.47 Å². The Kier molecular flexibility index (Phi) is 4.95. The highest BCUT2D eigenvalue weighted by atomic mass is 79.9. The molecule has 0 N–H and O–H groups in total. The zero-order valence-electron chi connectivity index (χ0n) is 9.68. The van der Waals surface area contributed by atoms with Crippen molar-refractivity contribution in [2.24, 2.45) is 5.92 Å². The topological polar surface area (TPSA) is 47.4 Å². The molecular formula is C10H16BrN3O2. The van der Waals surface area contributed by atoms with Crippen molar-refractivity contribution in [3.05, 3.63) is 16.9 Å². The predicted molar refractivity (Wildman–Crippen MR) is 63.7 cm³/mol. The fourth-order valence-corrected chi connectivity index (χ4v) is 1.79. The van der Waals surface area contributed by atoms with Crippen LogP contribution in [0.3, 0.4) is 0 Å². The first-order chi connectivity index (χ1) is 7.52. The Balaban J connectivity index is 2.41. The van der Waals surface area contributed by atoms with Crippen LogP contribution >= 0.6 is 15.9 Å². The number of rotatable bonds is 5. The molecule has 0 aliphatic carbocycles. The van der Waals surface area contributed by atoms with Gasteiger partial charge in [0.15, 0.2) is 0 Å². The first kappa shape index (κ1) is 13.2. The smallest absolute Gasteiger partial charge is 0.309 e. The molecule has 1 heterocycles. The number of aromatic nitrogens is 2. The zero-order valence-corrected chi connectivity index (χ0v) is 11.3. The van der Waals surface area contributed by atoms with Crippen LogP contribution in [0.1, 0.15) is 6.92 Å². The van der Waals surface area contributed by atoms with Crippen molar-refractivity contribution >= 4 is 21.9 Å². The van der Waals surface area contributed by atoms with Gasteiger partial charge in [-0.2, -0.15) is 5.10 Å². The number of methoxy groups -OCH3 is 1. The Bertz CT molecular complexity index is 354. The lowest BCUT2D eigenvalue weighted by molar-refractivity contribution is -0.145. The quantitative estimate of drug-likeness (QED) is 0.768. The first-order valence-corrected chi connectivity index (χ1v) is 5.76. The monoisotopic (exact) mass is 289 g/mol. The van der Waals surface area contributed by atoms with E-state index in [1.807, 2.05) is 25.1 Å². The predicted octanol–water partition coefficient (Wildman–Crippen LogP) is 1.34. The molecule has 0 saturated heterocycles. The maximum atomic E-state index is 11.2. The fraction of sp³-hybridized carbons (Fsp3) is 0.600. The zero-order chi connectivity index (χ0) is 12.1. The number of carbonyl (C=O) groups is 1. The fourth-order valence-electron chi connectivity index (χ4n) is 1.46. The lowest BCUT2D eigenvalue weighted by Gasteiger charge is -2.19. The number of hydrogen-bond acceptors (Lipinski definition) is 4. The average molecular weight is 290 g/mol. The molecule has 0 fully saturated rings. The van der Waals surface area contributed by atoms with Gasteiger partial charge in [0.1, 0.15) is 0 Å². The van der Waals surface area contributed by atoms with Gasteiger partial charge in [-0.05, 0) is 23.0 Å². The summed E-state index contributed by atoms with van der Waals surface area (Å²) < 4.78 is 7.42. The van der Waals surface area contributed by atoms with E-state index in [2.05, 4.69) is 25.8 Å². The van der Waals surface area contributed by atoms with E-state index in [1.165, 1.54) is 7.11 Å². The van der Waals surface area contributed by atoms with Gasteiger partial charge < -0.3 is 4.74 Å². The van der Waals surface area contributed by atoms with Crippen LogP contribution in [-0.2, 0) is 16.2 Å². The molecule has 1 aromatic rings. The molecule has 1 rings (SSSR count). The third kappa shape index (κ3) is 3.94. The van der Waals surface area contributed by atoms with Crippen LogP contribution in [0.15, 0.2) is 16.9 Å². The summed E-state index contributed by atoms with van der Waals surface area (Å²) in [5, 5.41) is 4.14. The highest BCUT2D eigenvalue weighted by Crippen LogP contribution is 2.07. The largest absolute Gasteiger partial charge is 0.469 e. The van der Waals surface area contributed by atoms with E-state index in [4.69, 9.17) is 0 Å². The van der Waals surface area contributed by atoms with Crippen molar-refractivity contribution in [2.45, 2.75) is 13.6 Å². The van der Waals surface area contributed by atoms with Gasteiger partial charge in [0.2, 0.25) is 0 Å². The van der Waals surface area contributed by atoms with Crippen LogP contribution in [0.5, 0.6) is 0 Å². The molecule has 0 aromatic carbocycles. The Hall–Kier alpha value is -0.880. The minimum Gasteiger partial charge on any atom is -0.469 e. The van der Waals surface area contributed by atoms with Gasteiger partial charge in [-0.3, -0.25) is 14.4 Å². The summed E-state index contributed by atoms with van der Waals surface area (Å²) in [7, 11) is 3.35. The Morgan fingerprint density at radius 1 is 1.75 bits per heavy atom. The summed E-state index contributed by atoms with van der Waals surface area (Å²) in [5.41, 5.74) is 0. The number of carbonyl (C=O) groups excluding carboxylic acids is 1. The molecule has 0 aliphatic rings. The average Bonchev–Trinajstić information content (AvgIpc) is 2.62. The number of esters is 1. The Morgan fingerprint density at radius 2 is 2.44 bits per heavy atom. The molecule has 16 heavy (non-hydrogen) atoms. The van der Waals surface area contributed by atoms with Gasteiger partial charge in [0.25, 0.3) is 0 Å². The summed E-state index contributed by atoms with van der Waals surface area (Å²) in [6.45, 7) is 3.14. The Labute approximate surface area is 103 Å². The molecule has 5 nitrogen and oxygen atoms in total. The van der Waals surface area contributed by atoms with E-state index in [0.29, 0.717) is 13.2 Å². The third-order valence-electron chi connectivity index (χ3n) is 2.18. The first-order valence-electron chi connectivity index (χ1n) is 4.97. The molecule has 0 spiro atoms. The molecule has 0 aliphatic heterocycles. The van der Waals surface area contributed by atoms with Gasteiger partial charge >= 0.3 is 5.97 Å². The SMILES string of the molecule is COC(=O)C(C)CN(C)Cn1cc(Br)cn1. The van der Waals surface area contributed by atoms with E-state index in [9.17, 15) is 4.79 Å². The van der Waals surface area contributed by atoms with Crippen molar-refractivity contribution < 1.29 is 9.53 Å². The minimum atomic E-state index is -0.187. The van der Waals surface area contributed by atoms with Crippen LogP contribution < -0.4 is 0 Å². The number of nitrogens with zero attached hydrogens (tertiary/aromatic N) is 3. The molecule has 1 atom stereocenters. The lowest BCUT2D eigenvalue weighted by atomic mass is 10.2. The number of halogens is 1. The second-order valence-electron chi connectivity index (χ2n) is 3.80. The highest BCUT2D eigenvalue weighted by Gasteiger charge is 2.15. The van der Waals surface area contributed by atoms with Crippen molar-refractivity contribution in [3.63, 3.8) is 0 Å². The number of hydrogen-bond donors (Lipinski definition) is 0. The van der Waals surface area contributed by atoms with E-state index in [1.54, 1.807) is 10.9 Å². The second-order valence-corrected chi connectivity index (χ2v) is 4.72. The maximum Gasteiger partial charge on any atom is 0.309 e. The molecule has 0 saturated carbocycles. The molecule has 90 valence electrons. The van der Waals surface area contributed by atoms with Crippen LogP contribution in [0.4, 0.5) is 0 Å². The minimum absolute atomic E-state index is 0.131. The van der Waals surface area contributed by atoms with Crippen LogP contribution in [0.25, 0.3) is 0 Å². The van der Waals surface area contributed by atoms with Crippen molar-refractivity contribution in [1.82, 2.24) is 14.7 Å². The van der Waals surface area contributed by atoms with Crippen molar-refractivity contribution in [1.29, 1.82) is 0 Å². The Morgan fingerprint density at radius 3 is 2.94 bits per heavy atom. The van der Waals surface area contributed by atoms with Crippen molar-refractivity contribution in [3.8, 4) is 0 Å². The van der Waals surface area contributed by atoms with Gasteiger partial charge in [-0.25, -0.2) is 0 Å². The molecule has 1 unspecified atom stereocenters. The van der Waals surface area contributed by atoms with Crippen LogP contribution in [0, 0.1) is 5.92 Å². The van der Waals surface area contributed by atoms with Crippen molar-refractivity contribution in [2.75, 3.05) is 20.7 Å². The van der Waals surface area contributed by atoms with Crippen LogP contribution in [-0.4, -0.2) is 41.4 Å². The van der Waals surface area contributed by atoms with E-state index >= 15 is 0 Å². The summed E-state index contributed by atoms with van der Waals surface area (Å²) in [5.74, 6) is -0.317. The summed E-state index contributed by atoms with van der Waals surface area (Å²) in [6.07, 6.45) is 3.62. The molecule has 6 heteroatoms. The van der Waals surface area contributed by atoms with Gasteiger partial charge in [-0.15, -0.1) is 0 Å². The van der Waals surface area contributed by atoms with E-state index in [-0.39, 0.29) is 11.9 Å². The van der Waals surface area contributed by atoms with Gasteiger partial charge in [0, 0.05) is 12.7 Å². The lowest BCUT2D eigenvalue weighted by Crippen LogP contribution is -2.31. The van der Waals surface area contributed by atoms with Crippen LogP contribution in [0.2, 0.25) is 0 Å². The maximum absolute atomic E-state index is 11.2. The van der Waals surface area contributed by atoms with Gasteiger partial charge in [-0.1, -0.05) is 6.92 Å².